The third kappa shape index (κ3) is 3.57. The molecule has 5 heteroatoms. The van der Waals surface area contributed by atoms with Gasteiger partial charge in [0.15, 0.2) is 0 Å². The van der Waals surface area contributed by atoms with Gasteiger partial charge < -0.3 is 10.3 Å². The molecule has 1 aromatic heterocycles. The number of hydrogen-bond donors (Lipinski definition) is 2. The van der Waals surface area contributed by atoms with Crippen molar-refractivity contribution in [1.29, 1.82) is 0 Å². The Balaban J connectivity index is 1.51. The fourth-order valence-electron chi connectivity index (χ4n) is 4.17. The summed E-state index contributed by atoms with van der Waals surface area (Å²) in [5, 5.41) is 3.21. The van der Waals surface area contributed by atoms with Crippen molar-refractivity contribution in [3.05, 3.63) is 51.9 Å². The molecule has 1 heterocycles. The molecule has 0 aliphatic heterocycles. The average molecular weight is 351 g/mol. The van der Waals surface area contributed by atoms with Crippen LogP contribution in [-0.2, 0) is 17.6 Å². The molecule has 0 bridgehead atoms. The van der Waals surface area contributed by atoms with E-state index in [1.165, 1.54) is 12.8 Å². The van der Waals surface area contributed by atoms with Crippen LogP contribution in [0.5, 0.6) is 0 Å². The zero-order chi connectivity index (χ0) is 17.9. The van der Waals surface area contributed by atoms with E-state index in [1.54, 1.807) is 0 Å². The van der Waals surface area contributed by atoms with Gasteiger partial charge in [0.05, 0.1) is 5.69 Å². The Kier molecular flexibility index (Phi) is 4.87. The number of aromatic nitrogens is 2. The molecule has 2 aliphatic rings. The smallest absolute Gasteiger partial charge is 0.254 e. The average Bonchev–Trinajstić information content (AvgIpc) is 3.06. The molecular formula is C21H25N3O2. The van der Waals surface area contributed by atoms with E-state index >= 15 is 0 Å². The van der Waals surface area contributed by atoms with Crippen molar-refractivity contribution < 1.29 is 4.79 Å². The molecular weight excluding hydrogens is 326 g/mol. The molecule has 2 aliphatic carbocycles. The minimum atomic E-state index is -0.0642. The zero-order valence-electron chi connectivity index (χ0n) is 15.0. The lowest BCUT2D eigenvalue weighted by molar-refractivity contribution is -0.126. The number of nitrogens with one attached hydrogen (secondary N) is 2. The molecule has 1 amide bonds. The van der Waals surface area contributed by atoms with Gasteiger partial charge >= 0.3 is 0 Å². The number of fused-ring (bicyclic) bond motifs is 1. The van der Waals surface area contributed by atoms with E-state index in [2.05, 4.69) is 10.3 Å². The van der Waals surface area contributed by atoms with E-state index in [1.807, 2.05) is 30.3 Å². The SMILES string of the molecule is O=C(NC1CCCC1)C1CCc2nc(-c3ccccc3)[nH]c(=O)c2CC1. The Hall–Kier alpha value is -2.43. The highest BCUT2D eigenvalue weighted by atomic mass is 16.2. The summed E-state index contributed by atoms with van der Waals surface area (Å²) in [6.45, 7) is 0. The lowest BCUT2D eigenvalue weighted by Gasteiger charge is -2.18. The van der Waals surface area contributed by atoms with Crippen LogP contribution in [0.1, 0.15) is 49.8 Å². The maximum atomic E-state index is 12.6. The first kappa shape index (κ1) is 17.0. The minimum Gasteiger partial charge on any atom is -0.353 e. The molecule has 136 valence electrons. The molecule has 1 unspecified atom stereocenters. The number of H-pyrrole nitrogens is 1. The number of benzene rings is 1. The summed E-state index contributed by atoms with van der Waals surface area (Å²) in [5.74, 6) is 0.747. The molecule has 1 saturated carbocycles. The summed E-state index contributed by atoms with van der Waals surface area (Å²) in [6, 6.07) is 10.0. The van der Waals surface area contributed by atoms with Gasteiger partial charge in [-0.15, -0.1) is 0 Å². The van der Waals surface area contributed by atoms with Gasteiger partial charge in [-0.1, -0.05) is 43.2 Å². The topological polar surface area (TPSA) is 74.8 Å². The summed E-state index contributed by atoms with van der Waals surface area (Å²) in [7, 11) is 0. The van der Waals surface area contributed by atoms with Gasteiger partial charge in [0, 0.05) is 23.1 Å². The van der Waals surface area contributed by atoms with Crippen LogP contribution in [0.3, 0.4) is 0 Å². The molecule has 1 atom stereocenters. The van der Waals surface area contributed by atoms with E-state index < -0.39 is 0 Å². The predicted octanol–water partition coefficient (Wildman–Crippen LogP) is 2.99. The van der Waals surface area contributed by atoms with Crippen LogP contribution in [0, 0.1) is 5.92 Å². The molecule has 0 spiro atoms. The Morgan fingerprint density at radius 1 is 1.04 bits per heavy atom. The lowest BCUT2D eigenvalue weighted by atomic mass is 9.98. The second kappa shape index (κ2) is 7.44. The van der Waals surface area contributed by atoms with Gasteiger partial charge in [0.2, 0.25) is 5.91 Å². The molecule has 1 aromatic carbocycles. The Morgan fingerprint density at radius 2 is 1.77 bits per heavy atom. The third-order valence-electron chi connectivity index (χ3n) is 5.69. The van der Waals surface area contributed by atoms with E-state index in [-0.39, 0.29) is 17.4 Å². The van der Waals surface area contributed by atoms with Crippen molar-refractivity contribution in [3.63, 3.8) is 0 Å². The highest BCUT2D eigenvalue weighted by Gasteiger charge is 2.27. The van der Waals surface area contributed by atoms with Crippen LogP contribution >= 0.6 is 0 Å². The van der Waals surface area contributed by atoms with Gasteiger partial charge in [-0.3, -0.25) is 9.59 Å². The first-order valence-electron chi connectivity index (χ1n) is 9.68. The predicted molar refractivity (Wildman–Crippen MR) is 101 cm³/mol. The number of rotatable bonds is 3. The second-order valence-electron chi connectivity index (χ2n) is 7.47. The van der Waals surface area contributed by atoms with Crippen LogP contribution in [0.2, 0.25) is 0 Å². The number of aryl methyl sites for hydroxylation is 1. The first-order valence-corrected chi connectivity index (χ1v) is 9.68. The van der Waals surface area contributed by atoms with Crippen LogP contribution < -0.4 is 10.9 Å². The van der Waals surface area contributed by atoms with E-state index in [0.717, 1.165) is 42.5 Å². The van der Waals surface area contributed by atoms with Crippen molar-refractivity contribution in [1.82, 2.24) is 15.3 Å². The summed E-state index contributed by atoms with van der Waals surface area (Å²) >= 11 is 0. The molecule has 4 rings (SSSR count). The number of carbonyl (C=O) groups excluding carboxylic acids is 1. The standard InChI is InChI=1S/C21H25N3O2/c25-20(22-16-8-4-5-9-16)15-10-12-17-18(13-11-15)23-19(24-21(17)26)14-6-2-1-3-7-14/h1-3,6-7,15-16H,4-5,8-13H2,(H,22,25)(H,23,24,26). The summed E-state index contributed by atoms with van der Waals surface area (Å²) in [6.07, 6.45) is 7.40. The summed E-state index contributed by atoms with van der Waals surface area (Å²) < 4.78 is 0. The monoisotopic (exact) mass is 351 g/mol. The molecule has 2 N–H and O–H groups in total. The van der Waals surface area contributed by atoms with Gasteiger partial charge in [0.25, 0.3) is 5.56 Å². The summed E-state index contributed by atoms with van der Waals surface area (Å²) in [4.78, 5) is 32.8. The molecule has 1 fully saturated rings. The van der Waals surface area contributed by atoms with Crippen molar-refractivity contribution in [2.75, 3.05) is 0 Å². The third-order valence-corrected chi connectivity index (χ3v) is 5.69. The Labute approximate surface area is 153 Å². The van der Waals surface area contributed by atoms with Crippen molar-refractivity contribution in [2.24, 2.45) is 5.92 Å². The maximum absolute atomic E-state index is 12.6. The van der Waals surface area contributed by atoms with Crippen molar-refractivity contribution >= 4 is 5.91 Å². The minimum absolute atomic E-state index is 0.0237. The number of aromatic amines is 1. The van der Waals surface area contributed by atoms with Crippen LogP contribution in [0.25, 0.3) is 11.4 Å². The summed E-state index contributed by atoms with van der Waals surface area (Å²) in [5.41, 5.74) is 2.45. The number of carbonyl (C=O) groups is 1. The quantitative estimate of drug-likeness (QED) is 0.835. The van der Waals surface area contributed by atoms with Crippen molar-refractivity contribution in [3.8, 4) is 11.4 Å². The van der Waals surface area contributed by atoms with E-state index in [4.69, 9.17) is 4.98 Å². The molecule has 26 heavy (non-hydrogen) atoms. The molecule has 5 nitrogen and oxygen atoms in total. The number of hydrogen-bond acceptors (Lipinski definition) is 3. The van der Waals surface area contributed by atoms with Crippen LogP contribution in [0.15, 0.2) is 35.1 Å². The second-order valence-corrected chi connectivity index (χ2v) is 7.47. The van der Waals surface area contributed by atoms with Crippen molar-refractivity contribution in [2.45, 2.75) is 57.4 Å². The fraction of sp³-hybridized carbons (Fsp3) is 0.476. The van der Waals surface area contributed by atoms with Gasteiger partial charge in [-0.2, -0.15) is 0 Å². The van der Waals surface area contributed by atoms with Gasteiger partial charge in [0.1, 0.15) is 5.82 Å². The molecule has 0 radical (unpaired) electrons. The lowest BCUT2D eigenvalue weighted by Crippen LogP contribution is -2.37. The molecule has 0 saturated heterocycles. The Morgan fingerprint density at radius 3 is 2.54 bits per heavy atom. The highest BCUT2D eigenvalue weighted by molar-refractivity contribution is 5.79. The highest BCUT2D eigenvalue weighted by Crippen LogP contribution is 2.25. The number of nitrogens with zero attached hydrogens (tertiary/aromatic N) is 1. The zero-order valence-corrected chi connectivity index (χ0v) is 15.0. The maximum Gasteiger partial charge on any atom is 0.254 e. The van der Waals surface area contributed by atoms with Crippen LogP contribution in [-0.4, -0.2) is 21.9 Å². The van der Waals surface area contributed by atoms with Gasteiger partial charge in [-0.25, -0.2) is 4.98 Å². The van der Waals surface area contributed by atoms with Gasteiger partial charge in [-0.05, 0) is 38.5 Å². The fourth-order valence-corrected chi connectivity index (χ4v) is 4.17. The number of amides is 1. The largest absolute Gasteiger partial charge is 0.353 e. The Bertz CT molecular complexity index is 838. The van der Waals surface area contributed by atoms with Crippen LogP contribution in [0.4, 0.5) is 0 Å². The van der Waals surface area contributed by atoms with E-state index in [0.29, 0.717) is 24.7 Å². The van der Waals surface area contributed by atoms with E-state index in [9.17, 15) is 9.59 Å². The molecule has 2 aromatic rings. The normalized spacial score (nSPS) is 20.4. The first-order chi connectivity index (χ1) is 12.7.